The van der Waals surface area contributed by atoms with Crippen molar-refractivity contribution in [1.82, 2.24) is 9.38 Å². The number of benzene rings is 1. The third kappa shape index (κ3) is 2.15. The summed E-state index contributed by atoms with van der Waals surface area (Å²) in [7, 11) is 0. The summed E-state index contributed by atoms with van der Waals surface area (Å²) < 4.78 is 2.16. The van der Waals surface area contributed by atoms with Crippen molar-refractivity contribution in [3.05, 3.63) is 47.1 Å². The lowest BCUT2D eigenvalue weighted by Crippen LogP contribution is -2.18. The molecule has 3 rings (SSSR count). The highest BCUT2D eigenvalue weighted by Gasteiger charge is 2.19. The monoisotopic (exact) mass is 349 g/mol. The van der Waals surface area contributed by atoms with Crippen LogP contribution in [0, 0.1) is 6.92 Å². The zero-order chi connectivity index (χ0) is 14.1. The zero-order valence-electron chi connectivity index (χ0n) is 11.5. The van der Waals surface area contributed by atoms with E-state index in [1.54, 1.807) is 11.3 Å². The molecule has 0 radical (unpaired) electrons. The van der Waals surface area contributed by atoms with Gasteiger partial charge >= 0.3 is 0 Å². The highest BCUT2D eigenvalue weighted by molar-refractivity contribution is 9.08. The van der Waals surface area contributed by atoms with Crippen LogP contribution < -0.4 is 4.90 Å². The van der Waals surface area contributed by atoms with Gasteiger partial charge in [-0.1, -0.05) is 34.1 Å². The second kappa shape index (κ2) is 5.58. The number of hydrogen-bond donors (Lipinski definition) is 0. The maximum atomic E-state index is 4.81. The van der Waals surface area contributed by atoms with E-state index in [0.717, 1.165) is 22.7 Å². The second-order valence-electron chi connectivity index (χ2n) is 4.60. The summed E-state index contributed by atoms with van der Waals surface area (Å²) in [5.41, 5.74) is 3.69. The predicted octanol–water partition coefficient (Wildman–Crippen LogP) is 4.76. The summed E-state index contributed by atoms with van der Waals surface area (Å²) in [6.07, 6.45) is 2.08. The number of fused-ring (bicyclic) bond motifs is 1. The molecule has 0 saturated heterocycles. The van der Waals surface area contributed by atoms with Crippen LogP contribution in [-0.2, 0) is 5.33 Å². The quantitative estimate of drug-likeness (QED) is 0.633. The molecule has 0 spiro atoms. The Morgan fingerprint density at radius 3 is 2.85 bits per heavy atom. The summed E-state index contributed by atoms with van der Waals surface area (Å²) in [5, 5.41) is 2.87. The summed E-state index contributed by atoms with van der Waals surface area (Å²) in [6.45, 7) is 5.21. The first-order chi connectivity index (χ1) is 9.76. The largest absolute Gasteiger partial charge is 0.325 e. The van der Waals surface area contributed by atoms with Crippen molar-refractivity contribution in [1.29, 1.82) is 0 Å². The fraction of sp³-hybridized carbons (Fsp3) is 0.267. The van der Waals surface area contributed by atoms with Crippen molar-refractivity contribution < 1.29 is 0 Å². The lowest BCUT2D eigenvalue weighted by Gasteiger charge is -2.23. The molecule has 0 unspecified atom stereocenters. The second-order valence-corrected chi connectivity index (χ2v) is 6.04. The molecule has 3 nitrogen and oxygen atoms in total. The SMILES string of the molecule is CCN(c1ccccc1C)c1nc2sccn2c1CBr. The van der Waals surface area contributed by atoms with Gasteiger partial charge in [-0.15, -0.1) is 11.3 Å². The Kier molecular flexibility index (Phi) is 3.81. The summed E-state index contributed by atoms with van der Waals surface area (Å²) in [5.74, 6) is 1.05. The molecular formula is C15H16BrN3S. The third-order valence-corrected chi connectivity index (χ3v) is 4.73. The molecule has 2 aromatic heterocycles. The number of halogens is 1. The van der Waals surface area contributed by atoms with E-state index in [9.17, 15) is 0 Å². The molecule has 5 heteroatoms. The third-order valence-electron chi connectivity index (χ3n) is 3.44. The minimum atomic E-state index is 0.794. The molecule has 1 aromatic carbocycles. The molecule has 0 amide bonds. The van der Waals surface area contributed by atoms with Gasteiger partial charge in [0, 0.05) is 29.1 Å². The molecule has 0 N–H and O–H groups in total. The highest BCUT2D eigenvalue weighted by Crippen LogP contribution is 2.32. The van der Waals surface area contributed by atoms with E-state index in [4.69, 9.17) is 4.98 Å². The molecule has 3 aromatic rings. The van der Waals surface area contributed by atoms with Crippen molar-refractivity contribution >= 4 is 43.7 Å². The van der Waals surface area contributed by atoms with Crippen LogP contribution in [0.1, 0.15) is 18.2 Å². The van der Waals surface area contributed by atoms with Crippen LogP contribution in [0.15, 0.2) is 35.8 Å². The number of nitrogens with zero attached hydrogens (tertiary/aromatic N) is 3. The molecular weight excluding hydrogens is 334 g/mol. The summed E-state index contributed by atoms with van der Waals surface area (Å²) in [4.78, 5) is 8.14. The van der Waals surface area contributed by atoms with E-state index in [1.165, 1.54) is 16.9 Å². The molecule has 0 fully saturated rings. The Labute approximate surface area is 131 Å². The van der Waals surface area contributed by atoms with Gasteiger partial charge in [-0.05, 0) is 25.5 Å². The molecule has 0 aliphatic heterocycles. The molecule has 2 heterocycles. The zero-order valence-corrected chi connectivity index (χ0v) is 13.9. The normalized spacial score (nSPS) is 11.2. The van der Waals surface area contributed by atoms with Crippen LogP contribution in [0.3, 0.4) is 0 Å². The highest BCUT2D eigenvalue weighted by atomic mass is 79.9. The van der Waals surface area contributed by atoms with Crippen LogP contribution in [0.5, 0.6) is 0 Å². The number of rotatable bonds is 4. The Balaban J connectivity index is 2.16. The van der Waals surface area contributed by atoms with Gasteiger partial charge in [0.05, 0.1) is 5.69 Å². The van der Waals surface area contributed by atoms with Gasteiger partial charge < -0.3 is 4.90 Å². The first-order valence-electron chi connectivity index (χ1n) is 6.59. The van der Waals surface area contributed by atoms with Crippen molar-refractivity contribution in [2.45, 2.75) is 19.2 Å². The summed E-state index contributed by atoms with van der Waals surface area (Å²) in [6, 6.07) is 8.45. The number of para-hydroxylation sites is 1. The molecule has 104 valence electrons. The van der Waals surface area contributed by atoms with Crippen LogP contribution in [-0.4, -0.2) is 15.9 Å². The standard InChI is InChI=1S/C15H16BrN3S/c1-3-18(12-7-5-4-6-11(12)2)14-13(10-16)19-8-9-20-15(19)17-14/h4-9H,3,10H2,1-2H3. The first kappa shape index (κ1) is 13.6. The van der Waals surface area contributed by atoms with Crippen molar-refractivity contribution in [3.63, 3.8) is 0 Å². The van der Waals surface area contributed by atoms with Crippen molar-refractivity contribution in [2.75, 3.05) is 11.4 Å². The molecule has 0 saturated carbocycles. The van der Waals surface area contributed by atoms with Crippen LogP contribution in [0.2, 0.25) is 0 Å². The maximum absolute atomic E-state index is 4.81. The van der Waals surface area contributed by atoms with Gasteiger partial charge in [0.1, 0.15) is 0 Å². The van der Waals surface area contributed by atoms with Gasteiger partial charge in [0.25, 0.3) is 0 Å². The topological polar surface area (TPSA) is 20.5 Å². The van der Waals surface area contributed by atoms with E-state index >= 15 is 0 Å². The fourth-order valence-corrected chi connectivity index (χ4v) is 3.71. The Morgan fingerprint density at radius 2 is 2.15 bits per heavy atom. The summed E-state index contributed by atoms with van der Waals surface area (Å²) >= 11 is 5.27. The number of imidazole rings is 1. The number of hydrogen-bond acceptors (Lipinski definition) is 3. The van der Waals surface area contributed by atoms with Crippen LogP contribution in [0.25, 0.3) is 4.96 Å². The molecule has 0 aliphatic rings. The lowest BCUT2D eigenvalue weighted by atomic mass is 10.2. The van der Waals surface area contributed by atoms with E-state index in [1.807, 2.05) is 0 Å². The average molecular weight is 350 g/mol. The predicted molar refractivity (Wildman–Crippen MR) is 89.6 cm³/mol. The minimum Gasteiger partial charge on any atom is -0.325 e. The number of aryl methyl sites for hydroxylation is 1. The molecule has 0 bridgehead atoms. The number of aromatic nitrogens is 2. The van der Waals surface area contributed by atoms with E-state index < -0.39 is 0 Å². The number of thiazole rings is 1. The van der Waals surface area contributed by atoms with Gasteiger partial charge in [-0.3, -0.25) is 4.40 Å². The first-order valence-corrected chi connectivity index (χ1v) is 8.60. The molecule has 20 heavy (non-hydrogen) atoms. The van der Waals surface area contributed by atoms with Gasteiger partial charge in [-0.25, -0.2) is 4.98 Å². The smallest absolute Gasteiger partial charge is 0.195 e. The Morgan fingerprint density at radius 1 is 1.35 bits per heavy atom. The van der Waals surface area contributed by atoms with Crippen molar-refractivity contribution in [3.8, 4) is 0 Å². The number of anilines is 2. The van der Waals surface area contributed by atoms with E-state index in [2.05, 4.69) is 74.9 Å². The Bertz CT molecular complexity index is 732. The average Bonchev–Trinajstić information content (AvgIpc) is 3.02. The lowest BCUT2D eigenvalue weighted by molar-refractivity contribution is 0.977. The van der Waals surface area contributed by atoms with Gasteiger partial charge in [-0.2, -0.15) is 0 Å². The van der Waals surface area contributed by atoms with Gasteiger partial charge in [0.2, 0.25) is 0 Å². The van der Waals surface area contributed by atoms with E-state index in [0.29, 0.717) is 0 Å². The maximum Gasteiger partial charge on any atom is 0.195 e. The molecule has 0 aliphatic carbocycles. The van der Waals surface area contributed by atoms with E-state index in [-0.39, 0.29) is 0 Å². The van der Waals surface area contributed by atoms with Crippen LogP contribution >= 0.6 is 27.3 Å². The Hall–Kier alpha value is -1.33. The van der Waals surface area contributed by atoms with Crippen LogP contribution in [0.4, 0.5) is 11.5 Å². The number of alkyl halides is 1. The van der Waals surface area contributed by atoms with Crippen molar-refractivity contribution in [2.24, 2.45) is 0 Å². The minimum absolute atomic E-state index is 0.794. The molecule has 0 atom stereocenters. The fourth-order valence-electron chi connectivity index (χ4n) is 2.46. The van der Waals surface area contributed by atoms with Gasteiger partial charge in [0.15, 0.2) is 10.8 Å².